The second-order valence-electron chi connectivity index (χ2n) is 3.56. The van der Waals surface area contributed by atoms with Crippen molar-refractivity contribution in [3.8, 4) is 11.5 Å². The quantitative estimate of drug-likeness (QED) is 0.572. The summed E-state index contributed by atoms with van der Waals surface area (Å²) in [6, 6.07) is 18.5. The van der Waals surface area contributed by atoms with Crippen LogP contribution in [0.1, 0.15) is 0 Å². The molecule has 0 saturated carbocycles. The third-order valence-electron chi connectivity index (χ3n) is 1.92. The number of rotatable bonds is 4. The van der Waals surface area contributed by atoms with Crippen LogP contribution in [0.15, 0.2) is 60.7 Å². The van der Waals surface area contributed by atoms with Crippen molar-refractivity contribution in [2.45, 2.75) is 0 Å². The highest BCUT2D eigenvalue weighted by Crippen LogP contribution is 2.07. The Labute approximate surface area is 151 Å². The second kappa shape index (κ2) is 15.9. The molecule has 0 bridgehead atoms. The zero-order valence-corrected chi connectivity index (χ0v) is 16.3. The molecule has 0 heterocycles. The summed E-state index contributed by atoms with van der Waals surface area (Å²) in [7, 11) is 0. The predicted octanol–water partition coefficient (Wildman–Crippen LogP) is 5.63. The Morgan fingerprint density at radius 2 is 1.19 bits per heavy atom. The largest absolute Gasteiger partial charge is 0.508 e. The molecule has 0 amide bonds. The summed E-state index contributed by atoms with van der Waals surface area (Å²) in [6.45, 7) is 0.726. The van der Waals surface area contributed by atoms with Crippen molar-refractivity contribution in [2.75, 3.05) is 22.6 Å². The molecule has 0 saturated heterocycles. The van der Waals surface area contributed by atoms with E-state index in [1.54, 1.807) is 24.3 Å². The maximum Gasteiger partial charge on any atom is 0.119 e. The number of hydrogen-bond acceptors (Lipinski definition) is 2. The lowest BCUT2D eigenvalue weighted by atomic mass is 10.3. The van der Waals surface area contributed by atoms with Gasteiger partial charge < -0.3 is 9.84 Å². The van der Waals surface area contributed by atoms with Gasteiger partial charge in [0.2, 0.25) is 0 Å². The Balaban J connectivity index is 0.000000317. The van der Waals surface area contributed by atoms with Crippen molar-refractivity contribution in [3.05, 3.63) is 60.7 Å². The van der Waals surface area contributed by atoms with Gasteiger partial charge in [-0.3, -0.25) is 0 Å². The number of halogens is 3. The minimum Gasteiger partial charge on any atom is -0.508 e. The summed E-state index contributed by atoms with van der Waals surface area (Å²) in [6.07, 6.45) is 0. The lowest BCUT2D eigenvalue weighted by molar-refractivity contribution is 0.345. The fourth-order valence-corrected chi connectivity index (χ4v) is 1.26. The number of alkyl halides is 3. The van der Waals surface area contributed by atoms with Crippen LogP contribution in [-0.2, 0) is 0 Å². The Morgan fingerprint density at radius 1 is 0.714 bits per heavy atom. The third kappa shape index (κ3) is 14.2. The van der Waals surface area contributed by atoms with Crippen LogP contribution in [0.4, 0.5) is 0 Å². The van der Waals surface area contributed by atoms with Crippen LogP contribution in [0.25, 0.3) is 0 Å². The van der Waals surface area contributed by atoms with E-state index in [1.165, 1.54) is 0 Å². The van der Waals surface area contributed by atoms with Gasteiger partial charge in [-0.2, -0.15) is 0 Å². The Hall–Kier alpha value is -0.520. The van der Waals surface area contributed by atoms with Crippen molar-refractivity contribution in [3.63, 3.8) is 0 Å². The molecule has 0 radical (unpaired) electrons. The molecular formula is C16H19Br3O2. The van der Waals surface area contributed by atoms with Gasteiger partial charge in [-0.15, -0.1) is 0 Å². The number of para-hydroxylation sites is 2. The minimum absolute atomic E-state index is 0.322. The van der Waals surface area contributed by atoms with E-state index in [0.29, 0.717) is 5.75 Å². The van der Waals surface area contributed by atoms with Gasteiger partial charge in [-0.25, -0.2) is 0 Å². The Morgan fingerprint density at radius 3 is 1.52 bits per heavy atom. The normalized spacial score (nSPS) is 8.71. The zero-order chi connectivity index (χ0) is 15.8. The summed E-state index contributed by atoms with van der Waals surface area (Å²) in [5.41, 5.74) is 0. The highest BCUT2D eigenvalue weighted by Gasteiger charge is 1.87. The van der Waals surface area contributed by atoms with Crippen molar-refractivity contribution in [1.29, 1.82) is 0 Å². The Kier molecular flexibility index (Phi) is 15.5. The second-order valence-corrected chi connectivity index (χ2v) is 5.94. The van der Waals surface area contributed by atoms with E-state index >= 15 is 0 Å². The number of ether oxygens (including phenoxy) is 1. The molecule has 0 unspecified atom stereocenters. The van der Waals surface area contributed by atoms with E-state index in [1.807, 2.05) is 36.4 Å². The van der Waals surface area contributed by atoms with Gasteiger partial charge in [0.05, 0.1) is 6.61 Å². The van der Waals surface area contributed by atoms with Gasteiger partial charge in [-0.05, 0) is 24.3 Å². The van der Waals surface area contributed by atoms with Crippen molar-refractivity contribution >= 4 is 47.8 Å². The summed E-state index contributed by atoms with van der Waals surface area (Å²) < 4.78 is 5.31. The van der Waals surface area contributed by atoms with Gasteiger partial charge in [0, 0.05) is 16.0 Å². The van der Waals surface area contributed by atoms with E-state index in [9.17, 15) is 0 Å². The molecule has 0 aromatic heterocycles. The molecule has 1 N–H and O–H groups in total. The maximum absolute atomic E-state index is 8.63. The molecule has 21 heavy (non-hydrogen) atoms. The van der Waals surface area contributed by atoms with Crippen molar-refractivity contribution in [2.24, 2.45) is 0 Å². The summed E-state index contributed by atoms with van der Waals surface area (Å²) in [5, 5.41) is 11.6. The molecule has 2 aromatic carbocycles. The molecule has 116 valence electrons. The molecule has 2 rings (SSSR count). The summed E-state index contributed by atoms with van der Waals surface area (Å²) in [5.74, 6) is 1.25. The summed E-state index contributed by atoms with van der Waals surface area (Å²) in [4.78, 5) is 0. The molecule has 2 aromatic rings. The van der Waals surface area contributed by atoms with Crippen LogP contribution >= 0.6 is 47.8 Å². The van der Waals surface area contributed by atoms with Gasteiger partial charge in [-0.1, -0.05) is 84.2 Å². The van der Waals surface area contributed by atoms with Crippen LogP contribution in [0.5, 0.6) is 11.5 Å². The van der Waals surface area contributed by atoms with Crippen LogP contribution in [0, 0.1) is 0 Å². The number of phenolic OH excluding ortho intramolecular Hbond substituents is 1. The molecule has 0 spiro atoms. The fourth-order valence-electron chi connectivity index (χ4n) is 1.10. The molecule has 5 heteroatoms. The SMILES string of the molecule is BrCCBr.BrCCOc1ccccc1.Oc1ccccc1. The number of aromatic hydroxyl groups is 1. The minimum atomic E-state index is 0.322. The topological polar surface area (TPSA) is 29.5 Å². The van der Waals surface area contributed by atoms with Gasteiger partial charge >= 0.3 is 0 Å². The average molecular weight is 483 g/mol. The van der Waals surface area contributed by atoms with Crippen molar-refractivity contribution in [1.82, 2.24) is 0 Å². The first-order chi connectivity index (χ1) is 10.2. The number of hydrogen-bond donors (Lipinski definition) is 1. The first-order valence-electron chi connectivity index (χ1n) is 6.34. The predicted molar refractivity (Wildman–Crippen MR) is 101 cm³/mol. The third-order valence-corrected chi connectivity index (χ3v) is 4.10. The van der Waals surface area contributed by atoms with Crippen LogP contribution in [-0.4, -0.2) is 27.7 Å². The first kappa shape index (κ1) is 20.5. The Bertz CT molecular complexity index is 422. The van der Waals surface area contributed by atoms with E-state index < -0.39 is 0 Å². The number of benzene rings is 2. The van der Waals surface area contributed by atoms with Gasteiger partial charge in [0.25, 0.3) is 0 Å². The van der Waals surface area contributed by atoms with Crippen LogP contribution < -0.4 is 4.74 Å². The summed E-state index contributed by atoms with van der Waals surface area (Å²) >= 11 is 9.68. The highest BCUT2D eigenvalue weighted by atomic mass is 79.9. The van der Waals surface area contributed by atoms with Crippen LogP contribution in [0.3, 0.4) is 0 Å². The van der Waals surface area contributed by atoms with Crippen molar-refractivity contribution < 1.29 is 9.84 Å². The maximum atomic E-state index is 8.63. The molecular weight excluding hydrogens is 464 g/mol. The van der Waals surface area contributed by atoms with E-state index in [2.05, 4.69) is 47.8 Å². The molecule has 0 aliphatic heterocycles. The van der Waals surface area contributed by atoms with E-state index in [-0.39, 0.29) is 0 Å². The smallest absolute Gasteiger partial charge is 0.119 e. The highest BCUT2D eigenvalue weighted by molar-refractivity contribution is 9.12. The molecule has 0 fully saturated rings. The van der Waals surface area contributed by atoms with E-state index in [4.69, 9.17) is 9.84 Å². The standard InChI is InChI=1S/C8H9BrO.C6H6O.C2H4Br2/c9-6-7-10-8-4-2-1-3-5-8;7-6-4-2-1-3-5-6;3-1-2-4/h1-5H,6-7H2;1-5,7H;1-2H2. The number of phenols is 1. The lowest BCUT2D eigenvalue weighted by Gasteiger charge is -2.01. The molecule has 0 atom stereocenters. The monoisotopic (exact) mass is 480 g/mol. The molecule has 2 nitrogen and oxygen atoms in total. The van der Waals surface area contributed by atoms with E-state index in [0.717, 1.165) is 28.3 Å². The molecule has 0 aliphatic rings. The van der Waals surface area contributed by atoms with Gasteiger partial charge in [0.15, 0.2) is 0 Å². The lowest BCUT2D eigenvalue weighted by Crippen LogP contribution is -1.96. The molecule has 0 aliphatic carbocycles. The zero-order valence-electron chi connectivity index (χ0n) is 11.6. The average Bonchev–Trinajstić information content (AvgIpc) is 2.55. The fraction of sp³-hybridized carbons (Fsp3) is 0.250. The van der Waals surface area contributed by atoms with Crippen LogP contribution in [0.2, 0.25) is 0 Å². The first-order valence-corrected chi connectivity index (χ1v) is 9.70. The van der Waals surface area contributed by atoms with Gasteiger partial charge in [0.1, 0.15) is 11.5 Å².